The quantitative estimate of drug-likeness (QED) is 0.675. The summed E-state index contributed by atoms with van der Waals surface area (Å²) < 4.78 is 12.5. The van der Waals surface area contributed by atoms with Gasteiger partial charge >= 0.3 is 5.97 Å². The SMILES string of the molecule is COc1ccc(CCn2c(CO)nc3cc(C(=O)O)ccc32)cc1OC. The summed E-state index contributed by atoms with van der Waals surface area (Å²) in [5.41, 5.74) is 2.57. The Labute approximate surface area is 150 Å². The van der Waals surface area contributed by atoms with Crippen LogP contribution >= 0.6 is 0 Å². The van der Waals surface area contributed by atoms with Crippen molar-refractivity contribution in [2.24, 2.45) is 0 Å². The maximum atomic E-state index is 11.1. The summed E-state index contributed by atoms with van der Waals surface area (Å²) in [6.45, 7) is 0.372. The maximum absolute atomic E-state index is 11.1. The molecule has 0 saturated heterocycles. The first-order valence-electron chi connectivity index (χ1n) is 8.11. The minimum absolute atomic E-state index is 0.173. The third kappa shape index (κ3) is 3.34. The number of hydrogen-bond donors (Lipinski definition) is 2. The van der Waals surface area contributed by atoms with Crippen molar-refractivity contribution >= 4 is 17.0 Å². The van der Waals surface area contributed by atoms with Crippen LogP contribution in [0.2, 0.25) is 0 Å². The van der Waals surface area contributed by atoms with Crippen LogP contribution in [0, 0.1) is 0 Å². The van der Waals surface area contributed by atoms with E-state index in [4.69, 9.17) is 14.6 Å². The predicted octanol–water partition coefficient (Wildman–Crippen LogP) is 2.49. The van der Waals surface area contributed by atoms with Crippen molar-refractivity contribution in [3.05, 3.63) is 53.3 Å². The van der Waals surface area contributed by atoms with Gasteiger partial charge in [-0.1, -0.05) is 6.07 Å². The molecule has 0 unspecified atom stereocenters. The number of carbonyl (C=O) groups is 1. The normalized spacial score (nSPS) is 10.9. The van der Waals surface area contributed by atoms with E-state index in [2.05, 4.69) is 4.98 Å². The number of ether oxygens (including phenoxy) is 2. The Bertz CT molecular complexity index is 948. The number of benzene rings is 2. The third-order valence-electron chi connectivity index (χ3n) is 4.29. The van der Waals surface area contributed by atoms with Gasteiger partial charge in [0, 0.05) is 6.54 Å². The van der Waals surface area contributed by atoms with E-state index in [1.807, 2.05) is 22.8 Å². The molecule has 26 heavy (non-hydrogen) atoms. The second kappa shape index (κ2) is 7.45. The Kier molecular flexibility index (Phi) is 5.09. The van der Waals surface area contributed by atoms with E-state index in [9.17, 15) is 9.90 Å². The van der Waals surface area contributed by atoms with Crippen molar-refractivity contribution in [1.82, 2.24) is 9.55 Å². The minimum atomic E-state index is -1.00. The van der Waals surface area contributed by atoms with Gasteiger partial charge in [-0.25, -0.2) is 9.78 Å². The van der Waals surface area contributed by atoms with Crippen molar-refractivity contribution in [3.8, 4) is 11.5 Å². The van der Waals surface area contributed by atoms with Gasteiger partial charge < -0.3 is 24.3 Å². The summed E-state index contributed by atoms with van der Waals surface area (Å²) in [7, 11) is 3.18. The van der Waals surface area contributed by atoms with Gasteiger partial charge in [0.05, 0.1) is 30.8 Å². The first-order chi connectivity index (χ1) is 12.6. The number of aryl methyl sites for hydroxylation is 2. The van der Waals surface area contributed by atoms with Crippen LogP contribution in [0.25, 0.3) is 11.0 Å². The highest BCUT2D eigenvalue weighted by Gasteiger charge is 2.13. The van der Waals surface area contributed by atoms with Crippen LogP contribution in [0.3, 0.4) is 0 Å². The van der Waals surface area contributed by atoms with Crippen molar-refractivity contribution in [3.63, 3.8) is 0 Å². The first-order valence-corrected chi connectivity index (χ1v) is 8.11. The number of imidazole rings is 1. The zero-order valence-electron chi connectivity index (χ0n) is 14.6. The number of hydrogen-bond acceptors (Lipinski definition) is 5. The van der Waals surface area contributed by atoms with E-state index >= 15 is 0 Å². The largest absolute Gasteiger partial charge is 0.493 e. The van der Waals surface area contributed by atoms with Crippen LogP contribution in [0.4, 0.5) is 0 Å². The molecule has 1 aromatic heterocycles. The first kappa shape index (κ1) is 17.8. The molecule has 7 nitrogen and oxygen atoms in total. The molecule has 7 heteroatoms. The highest BCUT2D eigenvalue weighted by atomic mass is 16.5. The number of methoxy groups -OCH3 is 2. The van der Waals surface area contributed by atoms with Crippen LogP contribution in [0.15, 0.2) is 36.4 Å². The standard InChI is InChI=1S/C19H20N2O5/c1-25-16-6-3-12(9-17(16)26-2)7-8-21-15-5-4-13(19(23)24)10-14(15)20-18(21)11-22/h3-6,9-10,22H,7-8,11H2,1-2H3,(H,23,24). The minimum Gasteiger partial charge on any atom is -0.493 e. The molecule has 0 aliphatic rings. The summed E-state index contributed by atoms with van der Waals surface area (Å²) in [6, 6.07) is 10.5. The van der Waals surface area contributed by atoms with Crippen molar-refractivity contribution < 1.29 is 24.5 Å². The zero-order chi connectivity index (χ0) is 18.7. The molecule has 0 radical (unpaired) electrons. The van der Waals surface area contributed by atoms with E-state index in [0.29, 0.717) is 35.8 Å². The van der Waals surface area contributed by atoms with Gasteiger partial charge in [0.2, 0.25) is 0 Å². The van der Waals surface area contributed by atoms with Crippen molar-refractivity contribution in [1.29, 1.82) is 0 Å². The van der Waals surface area contributed by atoms with E-state index in [0.717, 1.165) is 11.1 Å². The summed E-state index contributed by atoms with van der Waals surface area (Å²) in [6.07, 6.45) is 0.694. The van der Waals surface area contributed by atoms with Crippen LogP contribution < -0.4 is 9.47 Å². The van der Waals surface area contributed by atoms with Crippen LogP contribution in [0.5, 0.6) is 11.5 Å². The lowest BCUT2D eigenvalue weighted by atomic mass is 10.1. The highest BCUT2D eigenvalue weighted by molar-refractivity contribution is 5.92. The van der Waals surface area contributed by atoms with Crippen molar-refractivity contribution in [2.75, 3.05) is 14.2 Å². The van der Waals surface area contributed by atoms with E-state index in [1.165, 1.54) is 6.07 Å². The maximum Gasteiger partial charge on any atom is 0.335 e. The van der Waals surface area contributed by atoms with E-state index in [1.54, 1.807) is 26.4 Å². The molecule has 0 aliphatic carbocycles. The Morgan fingerprint density at radius 2 is 1.88 bits per heavy atom. The summed E-state index contributed by atoms with van der Waals surface area (Å²) in [4.78, 5) is 15.5. The molecule has 0 saturated carbocycles. The van der Waals surface area contributed by atoms with Gasteiger partial charge in [-0.15, -0.1) is 0 Å². The molecule has 1 heterocycles. The topological polar surface area (TPSA) is 93.8 Å². The molecule has 0 aliphatic heterocycles. The average molecular weight is 356 g/mol. The molecule has 3 aromatic rings. The predicted molar refractivity (Wildman–Crippen MR) is 95.9 cm³/mol. The number of rotatable bonds is 7. The number of fused-ring (bicyclic) bond motifs is 1. The molecule has 0 bridgehead atoms. The fraction of sp³-hybridized carbons (Fsp3) is 0.263. The second-order valence-corrected chi connectivity index (χ2v) is 5.79. The fourth-order valence-corrected chi connectivity index (χ4v) is 2.96. The van der Waals surface area contributed by atoms with E-state index in [-0.39, 0.29) is 12.2 Å². The van der Waals surface area contributed by atoms with E-state index < -0.39 is 5.97 Å². The van der Waals surface area contributed by atoms with Gasteiger partial charge in [0.15, 0.2) is 11.5 Å². The lowest BCUT2D eigenvalue weighted by Gasteiger charge is -2.11. The molecule has 0 amide bonds. The Hall–Kier alpha value is -3.06. The smallest absolute Gasteiger partial charge is 0.335 e. The fourth-order valence-electron chi connectivity index (χ4n) is 2.96. The van der Waals surface area contributed by atoms with Gasteiger partial charge in [-0.3, -0.25) is 0 Å². The number of aromatic nitrogens is 2. The van der Waals surface area contributed by atoms with Crippen LogP contribution in [-0.2, 0) is 19.6 Å². The van der Waals surface area contributed by atoms with Gasteiger partial charge in [-0.05, 0) is 42.3 Å². The molecule has 0 atom stereocenters. The Morgan fingerprint density at radius 3 is 2.54 bits per heavy atom. The molecular weight excluding hydrogens is 336 g/mol. The number of aliphatic hydroxyl groups is 1. The van der Waals surface area contributed by atoms with Gasteiger partial charge in [-0.2, -0.15) is 0 Å². The molecular formula is C19H20N2O5. The zero-order valence-corrected chi connectivity index (χ0v) is 14.6. The molecule has 3 rings (SSSR count). The average Bonchev–Trinajstić information content (AvgIpc) is 3.02. The number of nitrogens with zero attached hydrogens (tertiary/aromatic N) is 2. The summed E-state index contributed by atoms with van der Waals surface area (Å²) in [5, 5.41) is 18.7. The molecule has 0 spiro atoms. The van der Waals surface area contributed by atoms with Gasteiger partial charge in [0.25, 0.3) is 0 Å². The molecule has 136 valence electrons. The Morgan fingerprint density at radius 1 is 1.12 bits per heavy atom. The molecule has 2 aromatic carbocycles. The summed E-state index contributed by atoms with van der Waals surface area (Å²) in [5.74, 6) is 0.830. The van der Waals surface area contributed by atoms with Crippen molar-refractivity contribution in [2.45, 2.75) is 19.6 Å². The molecule has 0 fully saturated rings. The number of carboxylic acid groups (broad SMARTS) is 1. The highest BCUT2D eigenvalue weighted by Crippen LogP contribution is 2.28. The molecule has 2 N–H and O–H groups in total. The second-order valence-electron chi connectivity index (χ2n) is 5.79. The third-order valence-corrected chi connectivity index (χ3v) is 4.29. The summed E-state index contributed by atoms with van der Waals surface area (Å²) >= 11 is 0. The Balaban J connectivity index is 1.89. The lowest BCUT2D eigenvalue weighted by molar-refractivity contribution is 0.0697. The van der Waals surface area contributed by atoms with Crippen LogP contribution in [-0.4, -0.2) is 40.0 Å². The lowest BCUT2D eigenvalue weighted by Crippen LogP contribution is -2.06. The number of aliphatic hydroxyl groups excluding tert-OH is 1. The van der Waals surface area contributed by atoms with Gasteiger partial charge in [0.1, 0.15) is 12.4 Å². The number of aromatic carboxylic acids is 1. The van der Waals surface area contributed by atoms with Crippen LogP contribution in [0.1, 0.15) is 21.7 Å². The monoisotopic (exact) mass is 356 g/mol. The number of carboxylic acids is 1.